The summed E-state index contributed by atoms with van der Waals surface area (Å²) < 4.78 is 4.91. The molecule has 0 radical (unpaired) electrons. The molecular weight excluding hydrogens is 256 g/mol. The Balaban J connectivity index is 2.64. The summed E-state index contributed by atoms with van der Waals surface area (Å²) in [5, 5.41) is 2.82. The van der Waals surface area contributed by atoms with E-state index in [4.69, 9.17) is 4.74 Å². The van der Waals surface area contributed by atoms with Crippen LogP contribution in [0.15, 0.2) is 24.3 Å². The lowest BCUT2D eigenvalue weighted by molar-refractivity contribution is -0.116. The fourth-order valence-electron chi connectivity index (χ4n) is 1.68. The van der Waals surface area contributed by atoms with Gasteiger partial charge in [0.05, 0.1) is 6.61 Å². The molecular formula is C15H22N2O3. The van der Waals surface area contributed by atoms with Gasteiger partial charge in [0.2, 0.25) is 5.91 Å². The van der Waals surface area contributed by atoms with Crippen LogP contribution in [-0.4, -0.2) is 25.7 Å². The third-order valence-corrected chi connectivity index (χ3v) is 2.67. The average molecular weight is 278 g/mol. The van der Waals surface area contributed by atoms with Crippen molar-refractivity contribution in [2.45, 2.75) is 27.2 Å². The van der Waals surface area contributed by atoms with Crippen molar-refractivity contribution in [3.63, 3.8) is 0 Å². The SMILES string of the molecule is CCOC(=O)N(C)c1ccc(NC(=O)CC(C)C)cc1. The van der Waals surface area contributed by atoms with Crippen LogP contribution in [-0.2, 0) is 9.53 Å². The summed E-state index contributed by atoms with van der Waals surface area (Å²) in [6.45, 7) is 6.10. The lowest BCUT2D eigenvalue weighted by atomic mass is 10.1. The Morgan fingerprint density at radius 2 is 1.85 bits per heavy atom. The number of anilines is 2. The van der Waals surface area contributed by atoms with Crippen molar-refractivity contribution < 1.29 is 14.3 Å². The Morgan fingerprint density at radius 1 is 1.25 bits per heavy atom. The summed E-state index contributed by atoms with van der Waals surface area (Å²) in [5.74, 6) is 0.315. The summed E-state index contributed by atoms with van der Waals surface area (Å²) >= 11 is 0. The number of amides is 2. The van der Waals surface area contributed by atoms with Crippen LogP contribution in [0.4, 0.5) is 16.2 Å². The molecule has 0 aliphatic rings. The van der Waals surface area contributed by atoms with Crippen molar-refractivity contribution in [3.8, 4) is 0 Å². The maximum Gasteiger partial charge on any atom is 0.413 e. The summed E-state index contributed by atoms with van der Waals surface area (Å²) in [4.78, 5) is 24.6. The third-order valence-electron chi connectivity index (χ3n) is 2.67. The molecule has 110 valence electrons. The van der Waals surface area contributed by atoms with E-state index in [0.29, 0.717) is 24.6 Å². The van der Waals surface area contributed by atoms with Crippen LogP contribution in [0.1, 0.15) is 27.2 Å². The Morgan fingerprint density at radius 3 is 2.35 bits per heavy atom. The van der Waals surface area contributed by atoms with E-state index in [1.165, 1.54) is 4.90 Å². The molecule has 1 N–H and O–H groups in total. The zero-order valence-corrected chi connectivity index (χ0v) is 12.5. The minimum Gasteiger partial charge on any atom is -0.449 e. The Kier molecular flexibility index (Phi) is 6.03. The van der Waals surface area contributed by atoms with Gasteiger partial charge in [0.1, 0.15) is 0 Å². The number of rotatable bonds is 5. The molecule has 0 unspecified atom stereocenters. The number of carbonyl (C=O) groups is 2. The highest BCUT2D eigenvalue weighted by Gasteiger charge is 2.11. The number of benzene rings is 1. The average Bonchev–Trinajstić information content (AvgIpc) is 2.38. The lowest BCUT2D eigenvalue weighted by Gasteiger charge is -2.17. The van der Waals surface area contributed by atoms with Gasteiger partial charge in [-0.3, -0.25) is 9.69 Å². The summed E-state index contributed by atoms with van der Waals surface area (Å²) in [5.41, 5.74) is 1.43. The van der Waals surface area contributed by atoms with Gasteiger partial charge in [0.25, 0.3) is 0 Å². The van der Waals surface area contributed by atoms with Crippen molar-refractivity contribution in [1.29, 1.82) is 0 Å². The molecule has 0 aromatic heterocycles. The number of hydrogen-bond acceptors (Lipinski definition) is 3. The number of hydrogen-bond donors (Lipinski definition) is 1. The van der Waals surface area contributed by atoms with Crippen molar-refractivity contribution in [2.75, 3.05) is 23.9 Å². The first-order valence-corrected chi connectivity index (χ1v) is 6.74. The zero-order valence-electron chi connectivity index (χ0n) is 12.5. The van der Waals surface area contributed by atoms with Gasteiger partial charge in [-0.15, -0.1) is 0 Å². The molecule has 20 heavy (non-hydrogen) atoms. The van der Waals surface area contributed by atoms with Crippen molar-refractivity contribution >= 4 is 23.4 Å². The monoisotopic (exact) mass is 278 g/mol. The van der Waals surface area contributed by atoms with E-state index in [9.17, 15) is 9.59 Å². The van der Waals surface area contributed by atoms with Gasteiger partial charge >= 0.3 is 6.09 Å². The van der Waals surface area contributed by atoms with Crippen LogP contribution in [0.5, 0.6) is 0 Å². The first-order chi connectivity index (χ1) is 9.43. The fourth-order valence-corrected chi connectivity index (χ4v) is 1.68. The molecule has 0 spiro atoms. The van der Waals surface area contributed by atoms with Crippen molar-refractivity contribution in [3.05, 3.63) is 24.3 Å². The molecule has 1 aromatic carbocycles. The van der Waals surface area contributed by atoms with E-state index >= 15 is 0 Å². The van der Waals surface area contributed by atoms with Crippen LogP contribution >= 0.6 is 0 Å². The quantitative estimate of drug-likeness (QED) is 0.899. The van der Waals surface area contributed by atoms with Crippen LogP contribution in [0.25, 0.3) is 0 Å². The summed E-state index contributed by atoms with van der Waals surface area (Å²) in [6.07, 6.45) is 0.0916. The Bertz CT molecular complexity index is 455. The Labute approximate surface area is 119 Å². The van der Waals surface area contributed by atoms with Crippen LogP contribution in [0.3, 0.4) is 0 Å². The van der Waals surface area contributed by atoms with Gasteiger partial charge in [-0.25, -0.2) is 4.79 Å². The highest BCUT2D eigenvalue weighted by molar-refractivity contribution is 5.92. The van der Waals surface area contributed by atoms with E-state index in [0.717, 1.165) is 5.69 Å². The Hall–Kier alpha value is -2.04. The molecule has 1 rings (SSSR count). The van der Waals surface area contributed by atoms with Gasteiger partial charge < -0.3 is 10.1 Å². The molecule has 0 fully saturated rings. The normalized spacial score (nSPS) is 10.2. The molecule has 0 atom stereocenters. The van der Waals surface area contributed by atoms with Crippen LogP contribution in [0.2, 0.25) is 0 Å². The third kappa shape index (κ3) is 4.91. The van der Waals surface area contributed by atoms with Crippen molar-refractivity contribution in [2.24, 2.45) is 5.92 Å². The zero-order chi connectivity index (χ0) is 15.1. The van der Waals surface area contributed by atoms with E-state index < -0.39 is 6.09 Å². The highest BCUT2D eigenvalue weighted by atomic mass is 16.6. The van der Waals surface area contributed by atoms with Crippen molar-refractivity contribution in [1.82, 2.24) is 0 Å². The van der Waals surface area contributed by atoms with Gasteiger partial charge in [0.15, 0.2) is 0 Å². The molecule has 0 bridgehead atoms. The fraction of sp³-hybridized carbons (Fsp3) is 0.467. The lowest BCUT2D eigenvalue weighted by Crippen LogP contribution is -2.26. The summed E-state index contributed by atoms with van der Waals surface area (Å²) in [7, 11) is 1.64. The second kappa shape index (κ2) is 7.53. The molecule has 0 saturated heterocycles. The van der Waals surface area contributed by atoms with Gasteiger partial charge in [-0.1, -0.05) is 13.8 Å². The van der Waals surface area contributed by atoms with Crippen LogP contribution < -0.4 is 10.2 Å². The number of ether oxygens (including phenoxy) is 1. The second-order valence-electron chi connectivity index (χ2n) is 4.95. The number of nitrogens with zero attached hydrogens (tertiary/aromatic N) is 1. The molecule has 5 heteroatoms. The predicted octanol–water partition coefficient (Wildman–Crippen LogP) is 3.26. The van der Waals surface area contributed by atoms with E-state index in [1.807, 2.05) is 13.8 Å². The molecule has 2 amide bonds. The predicted molar refractivity (Wildman–Crippen MR) is 80.0 cm³/mol. The van der Waals surface area contributed by atoms with Crippen LogP contribution in [0, 0.1) is 5.92 Å². The molecule has 0 aliphatic carbocycles. The highest BCUT2D eigenvalue weighted by Crippen LogP contribution is 2.18. The first-order valence-electron chi connectivity index (χ1n) is 6.74. The molecule has 0 saturated carbocycles. The van der Waals surface area contributed by atoms with E-state index in [1.54, 1.807) is 38.2 Å². The largest absolute Gasteiger partial charge is 0.449 e. The van der Waals surface area contributed by atoms with E-state index in [2.05, 4.69) is 5.32 Å². The van der Waals surface area contributed by atoms with E-state index in [-0.39, 0.29) is 5.91 Å². The van der Waals surface area contributed by atoms with Gasteiger partial charge in [-0.2, -0.15) is 0 Å². The molecule has 5 nitrogen and oxygen atoms in total. The molecule has 0 heterocycles. The second-order valence-corrected chi connectivity index (χ2v) is 4.95. The smallest absolute Gasteiger partial charge is 0.413 e. The first kappa shape index (κ1) is 16.0. The van der Waals surface area contributed by atoms with Gasteiger partial charge in [-0.05, 0) is 37.1 Å². The molecule has 1 aromatic rings. The maximum atomic E-state index is 11.6. The topological polar surface area (TPSA) is 58.6 Å². The number of nitrogens with one attached hydrogen (secondary N) is 1. The number of carbonyl (C=O) groups excluding carboxylic acids is 2. The standard InChI is InChI=1S/C15H22N2O3/c1-5-20-15(19)17(4)13-8-6-12(7-9-13)16-14(18)10-11(2)3/h6-9,11H,5,10H2,1-4H3,(H,16,18). The minimum absolute atomic E-state index is 0.00787. The summed E-state index contributed by atoms with van der Waals surface area (Å²) in [6, 6.07) is 7.07. The maximum absolute atomic E-state index is 11.6. The molecule has 0 aliphatic heterocycles. The minimum atomic E-state index is -0.399. The van der Waals surface area contributed by atoms with Gasteiger partial charge in [0, 0.05) is 24.8 Å².